The lowest BCUT2D eigenvalue weighted by atomic mass is 9.98. The zero-order chi connectivity index (χ0) is 44.1. The summed E-state index contributed by atoms with van der Waals surface area (Å²) in [5, 5.41) is 8.49. The third-order valence-corrected chi connectivity index (χ3v) is 10.8. The molecule has 5 rings (SSSR count). The molecule has 0 heterocycles. The number of carbonyl (C=O) groups is 4. The Morgan fingerprint density at radius 2 is 1.05 bits per heavy atom. The van der Waals surface area contributed by atoms with Crippen molar-refractivity contribution in [3.05, 3.63) is 131 Å². The average Bonchev–Trinajstić information content (AvgIpc) is 3.61. The van der Waals surface area contributed by atoms with E-state index < -0.39 is 6.09 Å². The van der Waals surface area contributed by atoms with Crippen molar-refractivity contribution in [3.63, 3.8) is 0 Å². The van der Waals surface area contributed by atoms with E-state index in [2.05, 4.69) is 81.0 Å². The van der Waals surface area contributed by atoms with Gasteiger partial charge < -0.3 is 26.4 Å². The molecular formula is C46H67BN4O5S3. The Kier molecular flexibility index (Phi) is 34.0. The largest absolute Gasteiger partial charge is 0.449 e. The first kappa shape index (κ1) is 54.7. The highest BCUT2D eigenvalue weighted by Crippen LogP contribution is 2.44. The molecule has 0 aromatic heterocycles. The van der Waals surface area contributed by atoms with Crippen LogP contribution in [0.4, 0.5) is 19.2 Å². The third-order valence-electron chi connectivity index (χ3n) is 7.68. The second-order valence-corrected chi connectivity index (χ2v) is 15.2. The van der Waals surface area contributed by atoms with Crippen molar-refractivity contribution >= 4 is 64.9 Å². The zero-order valence-electron chi connectivity index (χ0n) is 36.0. The van der Waals surface area contributed by atoms with E-state index in [9.17, 15) is 19.2 Å². The van der Waals surface area contributed by atoms with Crippen molar-refractivity contribution in [3.8, 4) is 11.1 Å². The van der Waals surface area contributed by atoms with Gasteiger partial charge in [-0.25, -0.2) is 4.79 Å². The maximum atomic E-state index is 11.2. The van der Waals surface area contributed by atoms with E-state index in [4.69, 9.17) is 11.8 Å². The smallest absolute Gasteiger partial charge is 0.404 e. The Bertz CT molecular complexity index is 1670. The molecule has 0 bridgehead atoms. The van der Waals surface area contributed by atoms with Gasteiger partial charge in [-0.3, -0.25) is 14.4 Å². The predicted octanol–water partition coefficient (Wildman–Crippen LogP) is 12.0. The first-order valence-electron chi connectivity index (χ1n) is 20.2. The lowest BCUT2D eigenvalue weighted by Gasteiger charge is -2.12. The summed E-state index contributed by atoms with van der Waals surface area (Å²) in [4.78, 5) is 43.7. The fourth-order valence-corrected chi connectivity index (χ4v) is 6.78. The van der Waals surface area contributed by atoms with Crippen LogP contribution in [0.2, 0.25) is 6.82 Å². The molecule has 4 amide bonds. The lowest BCUT2D eigenvalue weighted by molar-refractivity contribution is 0.153. The molecule has 1 aliphatic carbocycles. The number of ether oxygens (including phenoxy) is 1. The van der Waals surface area contributed by atoms with E-state index in [1.54, 1.807) is 7.05 Å². The predicted molar refractivity (Wildman–Crippen MR) is 259 cm³/mol. The maximum absolute atomic E-state index is 11.2. The van der Waals surface area contributed by atoms with Crippen LogP contribution in [0.5, 0.6) is 0 Å². The lowest BCUT2D eigenvalue weighted by Crippen LogP contribution is -2.21. The zero-order valence-corrected chi connectivity index (χ0v) is 37.4. The highest BCUT2D eigenvalue weighted by molar-refractivity contribution is 8.14. The topological polar surface area (TPSA) is 140 Å². The molecule has 0 saturated heterocycles. The summed E-state index contributed by atoms with van der Waals surface area (Å²) >= 11 is 4.03. The van der Waals surface area contributed by atoms with Crippen LogP contribution in [-0.2, 0) is 17.7 Å². The second kappa shape index (κ2) is 36.7. The number of nitrogens with two attached hydrogens (primary N) is 1. The van der Waals surface area contributed by atoms with Crippen LogP contribution in [0, 0.1) is 0 Å². The number of primary amides is 1. The summed E-state index contributed by atoms with van der Waals surface area (Å²) in [7, 11) is 7.39. The van der Waals surface area contributed by atoms with Crippen molar-refractivity contribution in [1.82, 2.24) is 16.0 Å². The number of nitrogens with one attached hydrogen (secondary N) is 3. The van der Waals surface area contributed by atoms with Crippen molar-refractivity contribution in [1.29, 1.82) is 0 Å². The monoisotopic (exact) mass is 864 g/mol. The molecule has 322 valence electrons. The summed E-state index contributed by atoms with van der Waals surface area (Å²) in [5.41, 5.74) is 12.3. The van der Waals surface area contributed by atoms with E-state index in [-0.39, 0.29) is 29.1 Å². The van der Waals surface area contributed by atoms with E-state index in [1.807, 2.05) is 72.8 Å². The summed E-state index contributed by atoms with van der Waals surface area (Å²) in [5.74, 6) is 2.79. The van der Waals surface area contributed by atoms with Gasteiger partial charge in [0, 0.05) is 44.7 Å². The summed E-state index contributed by atoms with van der Waals surface area (Å²) < 4.78 is 10.7. The summed E-state index contributed by atoms with van der Waals surface area (Å²) in [6.45, 7) is 9.33. The normalized spacial score (nSPS) is 10.2. The fraction of sp³-hybridized carbons (Fsp3) is 0.391. The van der Waals surface area contributed by atoms with Crippen molar-refractivity contribution < 1.29 is 25.3 Å². The highest BCUT2D eigenvalue weighted by atomic mass is 32.2. The van der Waals surface area contributed by atoms with Crippen molar-refractivity contribution in [2.24, 2.45) is 5.73 Å². The molecule has 4 aromatic rings. The van der Waals surface area contributed by atoms with Gasteiger partial charge in [0.2, 0.25) is 0 Å². The minimum Gasteiger partial charge on any atom is -0.449 e. The molecule has 0 unspecified atom stereocenters. The van der Waals surface area contributed by atoms with Crippen LogP contribution < -0.4 is 21.7 Å². The van der Waals surface area contributed by atoms with Gasteiger partial charge in [-0.1, -0.05) is 187 Å². The van der Waals surface area contributed by atoms with Gasteiger partial charge in [0.05, 0.1) is 7.85 Å². The third kappa shape index (κ3) is 25.0. The molecule has 0 atom stereocenters. The van der Waals surface area contributed by atoms with Crippen molar-refractivity contribution in [2.45, 2.75) is 80.6 Å². The van der Waals surface area contributed by atoms with Gasteiger partial charge in [-0.15, -0.1) is 0 Å². The Balaban J connectivity index is 0. The number of rotatable bonds is 13. The number of amides is 4. The van der Waals surface area contributed by atoms with Gasteiger partial charge in [0.1, 0.15) is 6.61 Å². The molecule has 0 fully saturated rings. The second-order valence-electron chi connectivity index (χ2n) is 12.0. The van der Waals surface area contributed by atoms with Crippen LogP contribution in [-0.4, -0.2) is 67.1 Å². The molecule has 13 heteroatoms. The molecule has 0 spiro atoms. The maximum Gasteiger partial charge on any atom is 0.404 e. The van der Waals surface area contributed by atoms with Gasteiger partial charge in [0.15, 0.2) is 0 Å². The Morgan fingerprint density at radius 3 is 1.49 bits per heavy atom. The molecular weight excluding hydrogens is 796 g/mol. The first-order valence-corrected chi connectivity index (χ1v) is 22.1. The number of thioether (sulfide) groups is 3. The van der Waals surface area contributed by atoms with Crippen molar-refractivity contribution in [2.75, 3.05) is 37.5 Å². The molecule has 5 N–H and O–H groups in total. The number of carbonyl (C=O) groups excluding carboxylic acids is 4. The van der Waals surface area contributed by atoms with Crippen LogP contribution in [0.3, 0.4) is 0 Å². The minimum atomic E-state index is -0.725. The Hall–Kier alpha value is -4.33. The quantitative estimate of drug-likeness (QED) is 0.0974. The van der Waals surface area contributed by atoms with Gasteiger partial charge >= 0.3 is 6.09 Å². The average molecular weight is 865 g/mol. The standard InChI is InChI=1S/C15H13NO2.C12H17NOS.C11H15NOS.C5H11NOS.CH3B.2CH4/c16-15(17)18-9-14-12-7-3-1-5-10(12)11-6-2-4-8-13(11)14;1-2-10-15-12(14)13-9-8-11-6-4-3-5-7-11;1-2-8-14-11(13)12-9-10-6-4-3-5-7-10;1-3-4-8-5(7)6-2;1-2;;/h1-8,14H,9H2,(H2,16,17);3-7H,2,8-10H2,1H3,(H,13,14);3-7H,2,8-9H2,1H3,(H,12,13);3-4H2,1-2H3,(H,6,7);1H3;2*1H4/i;;;;;1T;. The van der Waals surface area contributed by atoms with Gasteiger partial charge in [-0.2, -0.15) is 0 Å². The molecule has 2 radical (unpaired) electrons. The summed E-state index contributed by atoms with van der Waals surface area (Å²) in [6.07, 6.45) is 3.30. The van der Waals surface area contributed by atoms with Gasteiger partial charge in [-0.05, 0) is 59.1 Å². The highest BCUT2D eigenvalue weighted by Gasteiger charge is 2.28. The molecule has 9 nitrogen and oxygen atoms in total. The number of hydrogen-bond acceptors (Lipinski definition) is 8. The van der Waals surface area contributed by atoms with E-state index >= 15 is 0 Å². The SMILES string of the molecule is C.CCCSC(=O)NC.CCCSC(=O)NCCc1ccccc1.CCCSC(=O)NCc1ccccc1.NC(=O)OCC1c2ccccc2-c2ccccc21.[3H]C.[B]C. The molecule has 59 heavy (non-hydrogen) atoms. The van der Waals surface area contributed by atoms with Crippen LogP contribution in [0.1, 0.15) is 84.4 Å². The Labute approximate surface area is 370 Å². The van der Waals surface area contributed by atoms with Crippen LogP contribution >= 0.6 is 35.3 Å². The fourth-order valence-electron chi connectivity index (χ4n) is 5.09. The molecule has 0 aliphatic heterocycles. The van der Waals surface area contributed by atoms with E-state index in [0.29, 0.717) is 13.2 Å². The first-order chi connectivity index (χ1) is 28.7. The molecule has 4 aromatic carbocycles. The number of benzene rings is 4. The van der Waals surface area contributed by atoms with Crippen LogP contribution in [0.15, 0.2) is 109 Å². The van der Waals surface area contributed by atoms with Crippen LogP contribution in [0.25, 0.3) is 11.1 Å². The molecule has 0 saturated carbocycles. The minimum absolute atomic E-state index is 0. The number of hydrogen-bond donors (Lipinski definition) is 4. The van der Waals surface area contributed by atoms with E-state index in [1.165, 1.54) is 77.3 Å². The molecule has 1 aliphatic rings. The van der Waals surface area contributed by atoms with Gasteiger partial charge in [0.25, 0.3) is 15.7 Å². The Morgan fingerprint density at radius 1 is 0.644 bits per heavy atom. The van der Waals surface area contributed by atoms with E-state index in [0.717, 1.165) is 55.1 Å². The summed E-state index contributed by atoms with van der Waals surface area (Å²) in [6, 6.07) is 36.5. The number of fused-ring (bicyclic) bond motifs is 3.